The van der Waals surface area contributed by atoms with E-state index in [4.69, 9.17) is 0 Å². The zero-order valence-corrected chi connectivity index (χ0v) is 13.7. The van der Waals surface area contributed by atoms with Crippen LogP contribution < -0.4 is 4.90 Å². The highest BCUT2D eigenvalue weighted by Crippen LogP contribution is 2.48. The quantitative estimate of drug-likeness (QED) is 0.922. The molecule has 2 heterocycles. The first-order valence-corrected chi connectivity index (χ1v) is 8.62. The third kappa shape index (κ3) is 2.53. The fourth-order valence-electron chi connectivity index (χ4n) is 4.44. The van der Waals surface area contributed by atoms with E-state index in [-0.39, 0.29) is 0 Å². The fourth-order valence-corrected chi connectivity index (χ4v) is 4.44. The van der Waals surface area contributed by atoms with Crippen LogP contribution in [0.15, 0.2) is 48.7 Å². The Morgan fingerprint density at radius 2 is 1.96 bits per heavy atom. The molecule has 1 aromatic heterocycles. The van der Waals surface area contributed by atoms with Gasteiger partial charge in [-0.25, -0.2) is 4.98 Å². The minimum absolute atomic E-state index is 0.293. The number of rotatable bonds is 2. The second kappa shape index (κ2) is 5.64. The van der Waals surface area contributed by atoms with Crippen molar-refractivity contribution in [2.24, 2.45) is 11.8 Å². The Balaban J connectivity index is 1.63. The summed E-state index contributed by atoms with van der Waals surface area (Å²) in [5.41, 5.74) is 1.57. The number of aryl methyl sites for hydroxylation is 1. The van der Waals surface area contributed by atoms with Crippen LogP contribution in [0.3, 0.4) is 0 Å². The number of aromatic nitrogens is 1. The Kier molecular flexibility index (Phi) is 3.61. The summed E-state index contributed by atoms with van der Waals surface area (Å²) in [5, 5.41) is 11.5. The molecule has 0 bridgehead atoms. The fraction of sp³-hybridized carbons (Fsp3) is 0.450. The van der Waals surface area contributed by atoms with E-state index in [2.05, 4.69) is 41.1 Å². The average molecular weight is 308 g/mol. The molecule has 0 spiro atoms. The maximum Gasteiger partial charge on any atom is 0.128 e. The first-order valence-electron chi connectivity index (χ1n) is 8.62. The van der Waals surface area contributed by atoms with E-state index in [1.807, 2.05) is 24.4 Å². The summed E-state index contributed by atoms with van der Waals surface area (Å²) in [4.78, 5) is 6.94. The number of aliphatic hydroxyl groups is 1. The van der Waals surface area contributed by atoms with Crippen LogP contribution in [-0.2, 0) is 5.60 Å². The lowest BCUT2D eigenvalue weighted by Crippen LogP contribution is -2.42. The van der Waals surface area contributed by atoms with E-state index >= 15 is 0 Å². The first kappa shape index (κ1) is 14.7. The summed E-state index contributed by atoms with van der Waals surface area (Å²) in [6.07, 6.45) is 5.11. The van der Waals surface area contributed by atoms with Gasteiger partial charge < -0.3 is 10.0 Å². The molecule has 2 aliphatic rings. The predicted octanol–water partition coefficient (Wildman–Crippen LogP) is 3.51. The summed E-state index contributed by atoms with van der Waals surface area (Å²) in [5.74, 6) is 1.89. The standard InChI is InChI=1S/C20H24N2O/c1-15-9-10-19(21-12-15)22-13-16-6-5-11-20(23,18(16)14-22)17-7-3-2-4-8-17/h2-4,7-10,12,16,18,23H,5-6,11,13-14H2,1H3/t16-,18+,20+/m0/s1. The molecule has 1 saturated heterocycles. The minimum Gasteiger partial charge on any atom is -0.385 e. The van der Waals surface area contributed by atoms with Crippen LogP contribution in [0.4, 0.5) is 5.82 Å². The normalized spacial score (nSPS) is 30.3. The van der Waals surface area contributed by atoms with Gasteiger partial charge in [-0.05, 0) is 49.3 Å². The molecule has 3 nitrogen and oxygen atoms in total. The van der Waals surface area contributed by atoms with Gasteiger partial charge in [0.25, 0.3) is 0 Å². The van der Waals surface area contributed by atoms with Gasteiger partial charge in [0.15, 0.2) is 0 Å². The summed E-state index contributed by atoms with van der Waals surface area (Å²) in [6.45, 7) is 3.97. The molecule has 1 aliphatic heterocycles. The number of benzene rings is 1. The van der Waals surface area contributed by atoms with Gasteiger partial charge in [-0.2, -0.15) is 0 Å². The maximum absolute atomic E-state index is 11.5. The lowest BCUT2D eigenvalue weighted by molar-refractivity contribution is -0.0631. The molecule has 1 saturated carbocycles. The maximum atomic E-state index is 11.5. The minimum atomic E-state index is -0.691. The molecule has 0 unspecified atom stereocenters. The molecule has 1 aliphatic carbocycles. The van der Waals surface area contributed by atoms with Crippen LogP contribution in [0.5, 0.6) is 0 Å². The van der Waals surface area contributed by atoms with Crippen molar-refractivity contribution >= 4 is 5.82 Å². The topological polar surface area (TPSA) is 36.4 Å². The van der Waals surface area contributed by atoms with E-state index in [9.17, 15) is 5.11 Å². The van der Waals surface area contributed by atoms with Crippen molar-refractivity contribution in [3.63, 3.8) is 0 Å². The second-order valence-corrected chi connectivity index (χ2v) is 7.15. The highest BCUT2D eigenvalue weighted by atomic mass is 16.3. The molecular formula is C20H24N2O. The molecule has 3 atom stereocenters. The Morgan fingerprint density at radius 3 is 2.70 bits per heavy atom. The Hall–Kier alpha value is -1.87. The summed E-state index contributed by atoms with van der Waals surface area (Å²) < 4.78 is 0. The highest BCUT2D eigenvalue weighted by Gasteiger charge is 2.49. The monoisotopic (exact) mass is 308 g/mol. The van der Waals surface area contributed by atoms with Gasteiger partial charge in [0.2, 0.25) is 0 Å². The highest BCUT2D eigenvalue weighted by molar-refractivity contribution is 5.42. The van der Waals surface area contributed by atoms with Crippen molar-refractivity contribution in [3.8, 4) is 0 Å². The van der Waals surface area contributed by atoms with E-state index in [1.54, 1.807) is 0 Å². The van der Waals surface area contributed by atoms with Crippen LogP contribution in [0.25, 0.3) is 0 Å². The van der Waals surface area contributed by atoms with Crippen molar-refractivity contribution in [3.05, 3.63) is 59.8 Å². The number of hydrogen-bond acceptors (Lipinski definition) is 3. The van der Waals surface area contributed by atoms with Crippen molar-refractivity contribution in [1.29, 1.82) is 0 Å². The number of pyridine rings is 1. The van der Waals surface area contributed by atoms with Gasteiger partial charge in [-0.15, -0.1) is 0 Å². The molecule has 2 fully saturated rings. The van der Waals surface area contributed by atoms with Crippen LogP contribution in [0, 0.1) is 18.8 Å². The second-order valence-electron chi connectivity index (χ2n) is 7.15. The zero-order chi connectivity index (χ0) is 15.9. The van der Waals surface area contributed by atoms with E-state index in [1.165, 1.54) is 12.0 Å². The molecule has 1 aromatic carbocycles. The lowest BCUT2D eigenvalue weighted by Gasteiger charge is -2.41. The predicted molar refractivity (Wildman–Crippen MR) is 92.4 cm³/mol. The lowest BCUT2D eigenvalue weighted by atomic mass is 9.67. The molecule has 4 rings (SSSR count). The third-order valence-corrected chi connectivity index (χ3v) is 5.68. The van der Waals surface area contributed by atoms with Crippen molar-refractivity contribution < 1.29 is 5.11 Å². The number of anilines is 1. The largest absolute Gasteiger partial charge is 0.385 e. The van der Waals surface area contributed by atoms with Gasteiger partial charge in [-0.3, -0.25) is 0 Å². The summed E-state index contributed by atoms with van der Waals surface area (Å²) >= 11 is 0. The number of hydrogen-bond donors (Lipinski definition) is 1. The van der Waals surface area contributed by atoms with Gasteiger partial charge >= 0.3 is 0 Å². The van der Waals surface area contributed by atoms with Crippen molar-refractivity contribution in [1.82, 2.24) is 4.98 Å². The molecular weight excluding hydrogens is 284 g/mol. The first-order chi connectivity index (χ1) is 11.2. The molecule has 23 heavy (non-hydrogen) atoms. The van der Waals surface area contributed by atoms with Gasteiger partial charge in [0.1, 0.15) is 5.82 Å². The van der Waals surface area contributed by atoms with Crippen LogP contribution >= 0.6 is 0 Å². The number of fused-ring (bicyclic) bond motifs is 1. The van der Waals surface area contributed by atoms with Crippen LogP contribution in [-0.4, -0.2) is 23.2 Å². The molecule has 3 heteroatoms. The Bertz CT molecular complexity index is 670. The molecule has 0 radical (unpaired) electrons. The van der Waals surface area contributed by atoms with E-state index < -0.39 is 5.60 Å². The Morgan fingerprint density at radius 1 is 1.13 bits per heavy atom. The van der Waals surface area contributed by atoms with Crippen molar-refractivity contribution in [2.45, 2.75) is 31.8 Å². The molecule has 1 N–H and O–H groups in total. The smallest absolute Gasteiger partial charge is 0.128 e. The van der Waals surface area contributed by atoms with Crippen LogP contribution in [0.2, 0.25) is 0 Å². The molecule has 120 valence electrons. The van der Waals surface area contributed by atoms with Gasteiger partial charge in [-0.1, -0.05) is 36.4 Å². The summed E-state index contributed by atoms with van der Waals surface area (Å²) in [7, 11) is 0. The SMILES string of the molecule is Cc1ccc(N2C[C@@H]3CCC[C@@](O)(c4ccccc4)[C@@H]3C2)nc1. The van der Waals surface area contributed by atoms with E-state index in [0.29, 0.717) is 11.8 Å². The van der Waals surface area contributed by atoms with Gasteiger partial charge in [0.05, 0.1) is 5.60 Å². The number of nitrogens with zero attached hydrogens (tertiary/aromatic N) is 2. The molecule has 2 aromatic rings. The van der Waals surface area contributed by atoms with Crippen molar-refractivity contribution in [2.75, 3.05) is 18.0 Å². The van der Waals surface area contributed by atoms with Crippen LogP contribution in [0.1, 0.15) is 30.4 Å². The Labute approximate surface area is 138 Å². The zero-order valence-electron chi connectivity index (χ0n) is 13.7. The van der Waals surface area contributed by atoms with E-state index in [0.717, 1.165) is 37.3 Å². The third-order valence-electron chi connectivity index (χ3n) is 5.68. The average Bonchev–Trinajstić information content (AvgIpc) is 3.02. The summed E-state index contributed by atoms with van der Waals surface area (Å²) in [6, 6.07) is 14.5. The van der Waals surface area contributed by atoms with Gasteiger partial charge in [0, 0.05) is 25.2 Å². The molecule has 0 amide bonds.